The number of amides is 1. The third-order valence-corrected chi connectivity index (χ3v) is 9.68. The Morgan fingerprint density at radius 2 is 1.78 bits per heavy atom. The molecule has 37 heavy (non-hydrogen) atoms. The summed E-state index contributed by atoms with van der Waals surface area (Å²) >= 11 is 1.48. The number of sulfonamides is 1. The van der Waals surface area contributed by atoms with Crippen molar-refractivity contribution in [3.63, 3.8) is 0 Å². The Balaban J connectivity index is 1.46. The predicted molar refractivity (Wildman–Crippen MR) is 148 cm³/mol. The van der Waals surface area contributed by atoms with Crippen LogP contribution < -0.4 is 9.21 Å². The number of benzene rings is 3. The van der Waals surface area contributed by atoms with E-state index in [0.717, 1.165) is 34.2 Å². The van der Waals surface area contributed by atoms with Gasteiger partial charge in [0.05, 0.1) is 33.4 Å². The standard InChI is InChI=1S/C28H29N3O4S2/c1-19-11-16-25-26(20(19)2)29-28(36-25)31(18-23-10-7-17-35-23)27(32)21-12-14-24(15-13-21)37(33,34)30(3)22-8-5-4-6-9-22/h4-6,8-9,11-16,23H,7,10,17-18H2,1-3H3. The zero-order chi connectivity index (χ0) is 26.2. The van der Waals surface area contributed by atoms with Crippen molar-refractivity contribution in [2.75, 3.05) is 29.4 Å². The fraction of sp³-hybridized carbons (Fsp3) is 0.286. The molecule has 2 heterocycles. The quantitative estimate of drug-likeness (QED) is 0.309. The monoisotopic (exact) mass is 535 g/mol. The largest absolute Gasteiger partial charge is 0.376 e. The average molecular weight is 536 g/mol. The number of aromatic nitrogens is 1. The molecule has 1 aliphatic heterocycles. The van der Waals surface area contributed by atoms with Crippen LogP contribution in [-0.4, -0.2) is 45.6 Å². The number of ether oxygens (including phenoxy) is 1. The van der Waals surface area contributed by atoms with E-state index in [2.05, 4.69) is 6.07 Å². The molecule has 7 nitrogen and oxygen atoms in total. The van der Waals surface area contributed by atoms with Crippen molar-refractivity contribution < 1.29 is 17.9 Å². The summed E-state index contributed by atoms with van der Waals surface area (Å²) < 4.78 is 34.4. The van der Waals surface area contributed by atoms with Crippen molar-refractivity contribution in [3.05, 3.63) is 83.4 Å². The number of aryl methyl sites for hydroxylation is 2. The number of para-hydroxylation sites is 1. The van der Waals surface area contributed by atoms with Crippen LogP contribution in [0.2, 0.25) is 0 Å². The molecule has 0 aliphatic carbocycles. The minimum atomic E-state index is -3.77. The number of nitrogens with zero attached hydrogens (tertiary/aromatic N) is 3. The average Bonchev–Trinajstić information content (AvgIpc) is 3.59. The van der Waals surface area contributed by atoms with E-state index in [0.29, 0.717) is 29.5 Å². The van der Waals surface area contributed by atoms with Gasteiger partial charge in [0.15, 0.2) is 5.13 Å². The van der Waals surface area contributed by atoms with Crippen LogP contribution in [0.5, 0.6) is 0 Å². The lowest BCUT2D eigenvalue weighted by atomic mass is 10.1. The summed E-state index contributed by atoms with van der Waals surface area (Å²) in [4.78, 5) is 20.4. The summed E-state index contributed by atoms with van der Waals surface area (Å²) in [6.07, 6.45) is 1.79. The van der Waals surface area contributed by atoms with Gasteiger partial charge in [0.2, 0.25) is 0 Å². The SMILES string of the molecule is Cc1ccc2sc(N(CC3CCCO3)C(=O)c3ccc(S(=O)(=O)N(C)c4ccccc4)cc3)nc2c1C. The van der Waals surface area contributed by atoms with Gasteiger partial charge in [0.25, 0.3) is 15.9 Å². The molecule has 5 rings (SSSR count). The molecule has 1 amide bonds. The molecule has 1 aliphatic rings. The summed E-state index contributed by atoms with van der Waals surface area (Å²) in [5.74, 6) is -0.232. The van der Waals surface area contributed by atoms with Crippen molar-refractivity contribution >= 4 is 48.3 Å². The highest BCUT2D eigenvalue weighted by Crippen LogP contribution is 2.33. The van der Waals surface area contributed by atoms with Crippen LogP contribution >= 0.6 is 11.3 Å². The molecule has 0 radical (unpaired) electrons. The van der Waals surface area contributed by atoms with Crippen LogP contribution in [0.25, 0.3) is 10.2 Å². The number of hydrogen-bond donors (Lipinski definition) is 0. The van der Waals surface area contributed by atoms with Crippen LogP contribution in [-0.2, 0) is 14.8 Å². The third-order valence-electron chi connectivity index (χ3n) is 6.84. The fourth-order valence-electron chi connectivity index (χ4n) is 4.43. The molecule has 1 aromatic heterocycles. The summed E-state index contributed by atoms with van der Waals surface area (Å²) in [5.41, 5.74) is 4.11. The van der Waals surface area contributed by atoms with E-state index in [1.165, 1.54) is 34.8 Å². The van der Waals surface area contributed by atoms with Gasteiger partial charge in [-0.15, -0.1) is 0 Å². The van der Waals surface area contributed by atoms with Gasteiger partial charge in [0.1, 0.15) is 0 Å². The third kappa shape index (κ3) is 4.99. The van der Waals surface area contributed by atoms with Gasteiger partial charge in [-0.3, -0.25) is 14.0 Å². The minimum absolute atomic E-state index is 0.0574. The topological polar surface area (TPSA) is 79.8 Å². The van der Waals surface area contributed by atoms with E-state index in [9.17, 15) is 13.2 Å². The van der Waals surface area contributed by atoms with Crippen LogP contribution in [0.3, 0.4) is 0 Å². The highest BCUT2D eigenvalue weighted by Gasteiger charge is 2.28. The number of hydrogen-bond acceptors (Lipinski definition) is 6. The summed E-state index contributed by atoms with van der Waals surface area (Å²) in [5, 5.41) is 0.615. The molecule has 1 saturated heterocycles. The van der Waals surface area contributed by atoms with Crippen LogP contribution in [0.15, 0.2) is 71.6 Å². The summed E-state index contributed by atoms with van der Waals surface area (Å²) in [6.45, 7) is 5.17. The maximum atomic E-state index is 13.8. The highest BCUT2D eigenvalue weighted by molar-refractivity contribution is 7.92. The molecule has 0 saturated carbocycles. The molecule has 192 valence electrons. The Labute approximate surface area is 221 Å². The van der Waals surface area contributed by atoms with E-state index in [4.69, 9.17) is 9.72 Å². The van der Waals surface area contributed by atoms with Gasteiger partial charge in [0, 0.05) is 19.2 Å². The molecule has 0 bridgehead atoms. The van der Waals surface area contributed by atoms with Crippen molar-refractivity contribution in [1.82, 2.24) is 4.98 Å². The number of carbonyl (C=O) groups excluding carboxylic acids is 1. The first-order valence-electron chi connectivity index (χ1n) is 12.2. The lowest BCUT2D eigenvalue weighted by molar-refractivity contribution is 0.0917. The predicted octanol–water partition coefficient (Wildman–Crippen LogP) is 5.56. The Bertz CT molecular complexity index is 1530. The minimum Gasteiger partial charge on any atom is -0.376 e. The molecule has 4 aromatic rings. The maximum absolute atomic E-state index is 13.8. The van der Waals surface area contributed by atoms with E-state index < -0.39 is 10.0 Å². The number of carbonyl (C=O) groups is 1. The Morgan fingerprint density at radius 1 is 1.05 bits per heavy atom. The normalized spacial score (nSPS) is 15.7. The molecule has 1 atom stereocenters. The lowest BCUT2D eigenvalue weighted by Gasteiger charge is -2.23. The van der Waals surface area contributed by atoms with Crippen LogP contribution in [0.4, 0.5) is 10.8 Å². The Morgan fingerprint density at radius 3 is 2.46 bits per heavy atom. The van der Waals surface area contributed by atoms with E-state index >= 15 is 0 Å². The van der Waals surface area contributed by atoms with Gasteiger partial charge in [-0.2, -0.15) is 0 Å². The molecule has 0 N–H and O–H groups in total. The van der Waals surface area contributed by atoms with Crippen molar-refractivity contribution in [2.45, 2.75) is 37.7 Å². The van der Waals surface area contributed by atoms with Gasteiger partial charge in [-0.1, -0.05) is 35.6 Å². The van der Waals surface area contributed by atoms with Crippen LogP contribution in [0, 0.1) is 13.8 Å². The molecule has 1 unspecified atom stereocenters. The number of fused-ring (bicyclic) bond motifs is 1. The number of thiazole rings is 1. The summed E-state index contributed by atoms with van der Waals surface area (Å²) in [6, 6.07) is 19.1. The Kier molecular flexibility index (Phi) is 7.02. The van der Waals surface area contributed by atoms with Gasteiger partial charge >= 0.3 is 0 Å². The van der Waals surface area contributed by atoms with E-state index in [1.54, 1.807) is 41.3 Å². The first-order valence-corrected chi connectivity index (χ1v) is 14.5. The molecule has 3 aromatic carbocycles. The first-order chi connectivity index (χ1) is 17.8. The Hall–Kier alpha value is -3.27. The second-order valence-electron chi connectivity index (χ2n) is 9.23. The van der Waals surface area contributed by atoms with Crippen molar-refractivity contribution in [2.24, 2.45) is 0 Å². The van der Waals surface area contributed by atoms with Gasteiger partial charge in [-0.05, 0) is 80.3 Å². The van der Waals surface area contributed by atoms with Gasteiger partial charge in [-0.25, -0.2) is 13.4 Å². The van der Waals surface area contributed by atoms with E-state index in [1.807, 2.05) is 26.0 Å². The molecule has 9 heteroatoms. The number of rotatable bonds is 7. The van der Waals surface area contributed by atoms with E-state index in [-0.39, 0.29) is 16.9 Å². The first kappa shape index (κ1) is 25.4. The molecule has 0 spiro atoms. The lowest BCUT2D eigenvalue weighted by Crippen LogP contribution is -2.37. The smallest absolute Gasteiger partial charge is 0.264 e. The molecular formula is C28H29N3O4S2. The second kappa shape index (κ2) is 10.2. The van der Waals surface area contributed by atoms with Crippen molar-refractivity contribution in [1.29, 1.82) is 0 Å². The molecule has 1 fully saturated rings. The second-order valence-corrected chi connectivity index (χ2v) is 12.2. The zero-order valence-electron chi connectivity index (χ0n) is 21.0. The van der Waals surface area contributed by atoms with Crippen LogP contribution in [0.1, 0.15) is 34.3 Å². The number of anilines is 2. The maximum Gasteiger partial charge on any atom is 0.264 e. The molecular weight excluding hydrogens is 506 g/mol. The summed E-state index contributed by atoms with van der Waals surface area (Å²) in [7, 11) is -2.26. The van der Waals surface area contributed by atoms with Gasteiger partial charge < -0.3 is 4.74 Å². The zero-order valence-corrected chi connectivity index (χ0v) is 22.7. The van der Waals surface area contributed by atoms with Crippen molar-refractivity contribution in [3.8, 4) is 0 Å². The fourth-order valence-corrected chi connectivity index (χ4v) is 6.66. The highest BCUT2D eigenvalue weighted by atomic mass is 32.2.